The van der Waals surface area contributed by atoms with E-state index in [0.717, 1.165) is 48.8 Å². The van der Waals surface area contributed by atoms with E-state index in [2.05, 4.69) is 30.2 Å². The molecule has 26 heavy (non-hydrogen) atoms. The topological polar surface area (TPSA) is 95.8 Å². The zero-order valence-electron chi connectivity index (χ0n) is 14.2. The fraction of sp³-hybridized carbons (Fsp3) is 0.353. The van der Waals surface area contributed by atoms with Crippen LogP contribution in [0, 0.1) is 0 Å². The molecule has 132 valence electrons. The van der Waals surface area contributed by atoms with Gasteiger partial charge in [-0.15, -0.1) is 0 Å². The van der Waals surface area contributed by atoms with Crippen LogP contribution in [0.5, 0.6) is 0 Å². The summed E-state index contributed by atoms with van der Waals surface area (Å²) in [4.78, 5) is 26.0. The number of carbonyl (C=O) groups excluding carboxylic acids is 1. The number of amides is 1. The van der Waals surface area contributed by atoms with Gasteiger partial charge in [-0.25, -0.2) is 14.6 Å². The first kappa shape index (κ1) is 15.1. The van der Waals surface area contributed by atoms with E-state index >= 15 is 0 Å². The van der Waals surface area contributed by atoms with E-state index in [0.29, 0.717) is 18.8 Å². The molecule has 2 aliphatic rings. The van der Waals surface area contributed by atoms with Gasteiger partial charge in [0.15, 0.2) is 5.82 Å². The summed E-state index contributed by atoms with van der Waals surface area (Å²) < 4.78 is 1.82. The molecule has 3 aromatic heterocycles. The normalized spacial score (nSPS) is 16.3. The first-order valence-electron chi connectivity index (χ1n) is 8.72. The summed E-state index contributed by atoms with van der Waals surface area (Å²) in [5.74, 6) is 1.55. The van der Waals surface area contributed by atoms with Crippen LogP contribution in [-0.2, 0) is 13.1 Å². The van der Waals surface area contributed by atoms with Crippen molar-refractivity contribution in [1.82, 2.24) is 34.8 Å². The summed E-state index contributed by atoms with van der Waals surface area (Å²) >= 11 is 0. The molecule has 1 fully saturated rings. The zero-order valence-corrected chi connectivity index (χ0v) is 14.2. The molecule has 5 heterocycles. The smallest absolute Gasteiger partial charge is 0.272 e. The second-order valence-electron chi connectivity index (χ2n) is 6.56. The Bertz CT molecular complexity index is 942. The second-order valence-corrected chi connectivity index (χ2v) is 6.56. The van der Waals surface area contributed by atoms with Crippen LogP contribution in [0.25, 0.3) is 5.82 Å². The highest BCUT2D eigenvalue weighted by atomic mass is 16.2. The summed E-state index contributed by atoms with van der Waals surface area (Å²) in [6, 6.07) is 3.61. The van der Waals surface area contributed by atoms with Crippen molar-refractivity contribution in [3.63, 3.8) is 0 Å². The molecular weight excluding hydrogens is 332 g/mol. The van der Waals surface area contributed by atoms with Crippen LogP contribution in [0.3, 0.4) is 0 Å². The van der Waals surface area contributed by atoms with Gasteiger partial charge in [0.05, 0.1) is 24.3 Å². The zero-order chi connectivity index (χ0) is 17.5. The van der Waals surface area contributed by atoms with Gasteiger partial charge in [-0.2, -0.15) is 10.2 Å². The summed E-state index contributed by atoms with van der Waals surface area (Å²) in [5.41, 5.74) is 2.33. The number of aromatic amines is 1. The molecule has 9 heteroatoms. The molecule has 0 aliphatic carbocycles. The van der Waals surface area contributed by atoms with E-state index in [1.54, 1.807) is 29.7 Å². The Morgan fingerprint density at radius 1 is 1.04 bits per heavy atom. The minimum atomic E-state index is -0.0978. The molecule has 9 nitrogen and oxygen atoms in total. The van der Waals surface area contributed by atoms with Gasteiger partial charge >= 0.3 is 0 Å². The van der Waals surface area contributed by atoms with Crippen LogP contribution >= 0.6 is 0 Å². The molecule has 2 aliphatic heterocycles. The van der Waals surface area contributed by atoms with E-state index in [4.69, 9.17) is 0 Å². The highest BCUT2D eigenvalue weighted by Gasteiger charge is 2.29. The van der Waals surface area contributed by atoms with Gasteiger partial charge in [0.25, 0.3) is 5.91 Å². The second kappa shape index (κ2) is 5.94. The van der Waals surface area contributed by atoms with Crippen LogP contribution in [0.15, 0.2) is 30.9 Å². The van der Waals surface area contributed by atoms with Crippen molar-refractivity contribution in [2.75, 3.05) is 18.0 Å². The molecule has 3 aromatic rings. The number of carbonyl (C=O) groups is 1. The Hall–Kier alpha value is -3.23. The number of nitrogens with one attached hydrogen (secondary N) is 1. The third-order valence-corrected chi connectivity index (χ3v) is 4.95. The molecule has 1 saturated heterocycles. The van der Waals surface area contributed by atoms with Crippen molar-refractivity contribution in [2.45, 2.75) is 25.9 Å². The fourth-order valence-electron chi connectivity index (χ4n) is 3.69. The number of rotatable bonds is 2. The SMILES string of the molecule is O=C(c1ccn[nH]1)N1Cc2c(N3CCCC3)ncnc2-n2nccc2C1. The third kappa shape index (κ3) is 2.35. The van der Waals surface area contributed by atoms with E-state index in [9.17, 15) is 4.79 Å². The van der Waals surface area contributed by atoms with Gasteiger partial charge in [0, 0.05) is 25.5 Å². The van der Waals surface area contributed by atoms with Crippen LogP contribution < -0.4 is 4.90 Å². The molecule has 0 radical (unpaired) electrons. The molecule has 0 bridgehead atoms. The molecule has 0 aromatic carbocycles. The Balaban J connectivity index is 1.62. The van der Waals surface area contributed by atoms with Gasteiger partial charge < -0.3 is 9.80 Å². The minimum absolute atomic E-state index is 0.0978. The largest absolute Gasteiger partial charge is 0.356 e. The van der Waals surface area contributed by atoms with Crippen LogP contribution in [0.1, 0.15) is 34.6 Å². The first-order chi connectivity index (χ1) is 12.8. The van der Waals surface area contributed by atoms with Crippen molar-refractivity contribution in [1.29, 1.82) is 0 Å². The van der Waals surface area contributed by atoms with E-state index in [1.807, 2.05) is 10.7 Å². The number of nitrogens with zero attached hydrogens (tertiary/aromatic N) is 7. The predicted molar refractivity (Wildman–Crippen MR) is 92.8 cm³/mol. The number of fused-ring (bicyclic) bond motifs is 3. The number of aromatic nitrogens is 6. The lowest BCUT2D eigenvalue weighted by atomic mass is 10.2. The lowest BCUT2D eigenvalue weighted by Gasteiger charge is -2.24. The minimum Gasteiger partial charge on any atom is -0.356 e. The lowest BCUT2D eigenvalue weighted by Crippen LogP contribution is -2.31. The number of hydrogen-bond donors (Lipinski definition) is 1. The highest BCUT2D eigenvalue weighted by molar-refractivity contribution is 5.92. The fourth-order valence-corrected chi connectivity index (χ4v) is 3.69. The van der Waals surface area contributed by atoms with Gasteiger partial charge in [0.2, 0.25) is 0 Å². The van der Waals surface area contributed by atoms with Crippen LogP contribution in [-0.4, -0.2) is 53.8 Å². The van der Waals surface area contributed by atoms with Crippen LogP contribution in [0.4, 0.5) is 5.82 Å². The van der Waals surface area contributed by atoms with Crippen LogP contribution in [0.2, 0.25) is 0 Å². The van der Waals surface area contributed by atoms with Crippen molar-refractivity contribution >= 4 is 11.7 Å². The van der Waals surface area contributed by atoms with Crippen molar-refractivity contribution in [3.8, 4) is 5.82 Å². The monoisotopic (exact) mass is 350 g/mol. The molecule has 0 unspecified atom stereocenters. The highest BCUT2D eigenvalue weighted by Crippen LogP contribution is 2.30. The van der Waals surface area contributed by atoms with E-state index < -0.39 is 0 Å². The molecule has 1 N–H and O–H groups in total. The van der Waals surface area contributed by atoms with Crippen molar-refractivity contribution < 1.29 is 4.79 Å². The Labute approximate surface area is 149 Å². The Morgan fingerprint density at radius 2 is 1.88 bits per heavy atom. The summed E-state index contributed by atoms with van der Waals surface area (Å²) in [6.45, 7) is 2.84. The van der Waals surface area contributed by atoms with Crippen molar-refractivity contribution in [3.05, 3.63) is 47.8 Å². The number of H-pyrrole nitrogens is 1. The lowest BCUT2D eigenvalue weighted by molar-refractivity contribution is 0.0724. The van der Waals surface area contributed by atoms with Gasteiger partial charge in [-0.05, 0) is 25.0 Å². The molecule has 0 spiro atoms. The van der Waals surface area contributed by atoms with E-state index in [-0.39, 0.29) is 5.91 Å². The average molecular weight is 350 g/mol. The Morgan fingerprint density at radius 3 is 2.69 bits per heavy atom. The summed E-state index contributed by atoms with van der Waals surface area (Å²) in [6.07, 6.45) is 7.22. The summed E-state index contributed by atoms with van der Waals surface area (Å²) in [7, 11) is 0. The maximum atomic E-state index is 13.0. The first-order valence-corrected chi connectivity index (χ1v) is 8.72. The molecule has 0 saturated carbocycles. The molecule has 5 rings (SSSR count). The molecule has 1 amide bonds. The maximum Gasteiger partial charge on any atom is 0.272 e. The molecule has 0 atom stereocenters. The Kier molecular flexibility index (Phi) is 3.44. The number of hydrogen-bond acceptors (Lipinski definition) is 6. The van der Waals surface area contributed by atoms with Gasteiger partial charge in [-0.3, -0.25) is 9.89 Å². The number of anilines is 1. The summed E-state index contributed by atoms with van der Waals surface area (Å²) in [5, 5.41) is 11.1. The maximum absolute atomic E-state index is 13.0. The van der Waals surface area contributed by atoms with Crippen molar-refractivity contribution in [2.24, 2.45) is 0 Å². The standard InChI is InChI=1S/C17H18N8O/c26-17(14-4-5-20-22-14)24-9-12-3-6-21-25(12)16-13(10-24)15(18-11-19-16)23-7-1-2-8-23/h3-6,11H,1-2,7-10H2,(H,20,22). The average Bonchev–Trinajstić information content (AvgIpc) is 3.42. The third-order valence-electron chi connectivity index (χ3n) is 4.95. The van der Waals surface area contributed by atoms with E-state index in [1.165, 1.54) is 0 Å². The van der Waals surface area contributed by atoms with Gasteiger partial charge in [-0.1, -0.05) is 0 Å². The quantitative estimate of drug-likeness (QED) is 0.745. The predicted octanol–water partition coefficient (Wildman–Crippen LogP) is 1.14. The molecular formula is C17H18N8O. The van der Waals surface area contributed by atoms with Gasteiger partial charge in [0.1, 0.15) is 17.8 Å².